The van der Waals surface area contributed by atoms with E-state index >= 15 is 0 Å². The lowest BCUT2D eigenvalue weighted by atomic mass is 10.1. The Bertz CT molecular complexity index is 400. The number of hydrogen-bond acceptors (Lipinski definition) is 3. The Kier molecular flexibility index (Phi) is 3.52. The largest absolute Gasteiger partial charge is 0.462 e. The monoisotopic (exact) mass is 222 g/mol. The van der Waals surface area contributed by atoms with Crippen LogP contribution in [-0.4, -0.2) is 22.4 Å². The summed E-state index contributed by atoms with van der Waals surface area (Å²) in [5.74, 6) is -0.354. The standard InChI is InChI=1S/C12H18N2O2/c1-6-10-9(11(15)16-7-2)8-14(13-10)12(3,4)5/h6,8H,1,7H2,2-5H3. The van der Waals surface area contributed by atoms with E-state index in [9.17, 15) is 4.79 Å². The van der Waals surface area contributed by atoms with Gasteiger partial charge in [-0.25, -0.2) is 4.79 Å². The van der Waals surface area contributed by atoms with Crippen LogP contribution in [0.2, 0.25) is 0 Å². The van der Waals surface area contributed by atoms with Gasteiger partial charge < -0.3 is 4.74 Å². The van der Waals surface area contributed by atoms with Gasteiger partial charge in [0, 0.05) is 6.20 Å². The summed E-state index contributed by atoms with van der Waals surface area (Å²) in [5, 5.41) is 4.30. The summed E-state index contributed by atoms with van der Waals surface area (Å²) in [6.07, 6.45) is 3.27. The lowest BCUT2D eigenvalue weighted by Gasteiger charge is -2.18. The van der Waals surface area contributed by atoms with Gasteiger partial charge in [0.05, 0.1) is 17.8 Å². The third kappa shape index (κ3) is 2.51. The molecule has 88 valence electrons. The van der Waals surface area contributed by atoms with Crippen molar-refractivity contribution >= 4 is 12.0 Å². The van der Waals surface area contributed by atoms with E-state index < -0.39 is 0 Å². The average Bonchev–Trinajstić information content (AvgIpc) is 2.61. The van der Waals surface area contributed by atoms with Gasteiger partial charge in [0.25, 0.3) is 0 Å². The van der Waals surface area contributed by atoms with E-state index in [1.54, 1.807) is 23.9 Å². The van der Waals surface area contributed by atoms with Crippen LogP contribution in [0.3, 0.4) is 0 Å². The van der Waals surface area contributed by atoms with E-state index in [-0.39, 0.29) is 11.5 Å². The van der Waals surface area contributed by atoms with Crippen LogP contribution >= 0.6 is 0 Å². The zero-order valence-corrected chi connectivity index (χ0v) is 10.3. The van der Waals surface area contributed by atoms with Crippen molar-refractivity contribution in [2.75, 3.05) is 6.61 Å². The normalized spacial score (nSPS) is 11.2. The Morgan fingerprint density at radius 1 is 1.62 bits per heavy atom. The van der Waals surface area contributed by atoms with E-state index in [0.717, 1.165) is 0 Å². The molecule has 0 aliphatic rings. The molecule has 0 saturated carbocycles. The Morgan fingerprint density at radius 2 is 2.25 bits per heavy atom. The third-order valence-electron chi connectivity index (χ3n) is 2.12. The second-order valence-electron chi connectivity index (χ2n) is 4.47. The molecule has 0 atom stereocenters. The van der Waals surface area contributed by atoms with Crippen molar-refractivity contribution in [3.05, 3.63) is 24.0 Å². The van der Waals surface area contributed by atoms with E-state index in [0.29, 0.717) is 17.9 Å². The van der Waals surface area contributed by atoms with Crippen LogP contribution in [0.5, 0.6) is 0 Å². The van der Waals surface area contributed by atoms with Crippen LogP contribution in [0.15, 0.2) is 12.8 Å². The lowest BCUT2D eigenvalue weighted by molar-refractivity contribution is 0.0526. The first-order valence-corrected chi connectivity index (χ1v) is 5.30. The number of aromatic nitrogens is 2. The van der Waals surface area contributed by atoms with Gasteiger partial charge in [0.1, 0.15) is 5.56 Å². The molecule has 0 amide bonds. The van der Waals surface area contributed by atoms with E-state index in [1.807, 2.05) is 20.8 Å². The number of carbonyl (C=O) groups excluding carboxylic acids is 1. The first kappa shape index (κ1) is 12.5. The fourth-order valence-electron chi connectivity index (χ4n) is 1.25. The molecule has 0 aliphatic heterocycles. The summed E-state index contributed by atoms with van der Waals surface area (Å²) in [7, 11) is 0. The molecular formula is C12H18N2O2. The van der Waals surface area contributed by atoms with Gasteiger partial charge in [-0.15, -0.1) is 0 Å². The molecule has 0 spiro atoms. The molecule has 1 aromatic heterocycles. The minimum absolute atomic E-state index is 0.164. The minimum Gasteiger partial charge on any atom is -0.462 e. The average molecular weight is 222 g/mol. The summed E-state index contributed by atoms with van der Waals surface area (Å²) in [5.41, 5.74) is 0.864. The highest BCUT2D eigenvalue weighted by Gasteiger charge is 2.21. The number of esters is 1. The first-order valence-electron chi connectivity index (χ1n) is 5.30. The molecule has 4 heteroatoms. The molecule has 1 rings (SSSR count). The van der Waals surface area contributed by atoms with E-state index in [4.69, 9.17) is 4.74 Å². The predicted molar refractivity (Wildman–Crippen MR) is 63.3 cm³/mol. The number of rotatable bonds is 3. The maximum atomic E-state index is 11.6. The zero-order valence-electron chi connectivity index (χ0n) is 10.3. The van der Waals surface area contributed by atoms with Crippen LogP contribution in [0, 0.1) is 0 Å². The summed E-state index contributed by atoms with van der Waals surface area (Å²) in [4.78, 5) is 11.6. The fourth-order valence-corrected chi connectivity index (χ4v) is 1.25. The molecule has 0 saturated heterocycles. The van der Waals surface area contributed by atoms with Crippen molar-refractivity contribution in [2.24, 2.45) is 0 Å². The molecule has 0 bridgehead atoms. The van der Waals surface area contributed by atoms with Crippen molar-refractivity contribution in [2.45, 2.75) is 33.2 Å². The van der Waals surface area contributed by atoms with Crippen LogP contribution in [-0.2, 0) is 10.3 Å². The van der Waals surface area contributed by atoms with Crippen LogP contribution in [0.1, 0.15) is 43.7 Å². The molecule has 0 radical (unpaired) electrons. The second kappa shape index (κ2) is 4.51. The van der Waals surface area contributed by atoms with Crippen molar-refractivity contribution in [3.8, 4) is 0 Å². The summed E-state index contributed by atoms with van der Waals surface area (Å²) in [6, 6.07) is 0. The van der Waals surface area contributed by atoms with Crippen LogP contribution < -0.4 is 0 Å². The molecule has 16 heavy (non-hydrogen) atoms. The first-order chi connectivity index (χ1) is 7.40. The zero-order chi connectivity index (χ0) is 12.3. The Hall–Kier alpha value is -1.58. The number of carbonyl (C=O) groups is 1. The van der Waals surface area contributed by atoms with Gasteiger partial charge in [-0.3, -0.25) is 4.68 Å². The van der Waals surface area contributed by atoms with E-state index in [2.05, 4.69) is 11.7 Å². The van der Waals surface area contributed by atoms with Crippen molar-refractivity contribution in [3.63, 3.8) is 0 Å². The van der Waals surface area contributed by atoms with Crippen LogP contribution in [0.25, 0.3) is 6.08 Å². The maximum absolute atomic E-state index is 11.6. The molecule has 4 nitrogen and oxygen atoms in total. The van der Waals surface area contributed by atoms with Gasteiger partial charge in [-0.1, -0.05) is 6.58 Å². The number of ether oxygens (including phenoxy) is 1. The number of hydrogen-bond donors (Lipinski definition) is 0. The lowest BCUT2D eigenvalue weighted by Crippen LogP contribution is -2.22. The number of nitrogens with zero attached hydrogens (tertiary/aromatic N) is 2. The molecule has 0 fully saturated rings. The molecule has 0 aromatic carbocycles. The maximum Gasteiger partial charge on any atom is 0.341 e. The molecule has 0 aliphatic carbocycles. The van der Waals surface area contributed by atoms with Gasteiger partial charge in [-0.05, 0) is 33.8 Å². The van der Waals surface area contributed by atoms with Crippen molar-refractivity contribution < 1.29 is 9.53 Å². The summed E-state index contributed by atoms with van der Waals surface area (Å²) < 4.78 is 6.70. The Labute approximate surface area is 95.9 Å². The minimum atomic E-state index is -0.354. The molecular weight excluding hydrogens is 204 g/mol. The highest BCUT2D eigenvalue weighted by Crippen LogP contribution is 2.17. The Morgan fingerprint density at radius 3 is 2.69 bits per heavy atom. The van der Waals surface area contributed by atoms with E-state index in [1.165, 1.54) is 0 Å². The highest BCUT2D eigenvalue weighted by atomic mass is 16.5. The van der Waals surface area contributed by atoms with Gasteiger partial charge in [0.2, 0.25) is 0 Å². The Balaban J connectivity index is 3.14. The van der Waals surface area contributed by atoms with Gasteiger partial charge in [-0.2, -0.15) is 5.10 Å². The third-order valence-corrected chi connectivity index (χ3v) is 2.12. The quantitative estimate of drug-likeness (QED) is 0.738. The highest BCUT2D eigenvalue weighted by molar-refractivity contribution is 5.92. The SMILES string of the molecule is C=Cc1nn(C(C)(C)C)cc1C(=O)OCC. The van der Waals surface area contributed by atoms with Crippen molar-refractivity contribution in [1.82, 2.24) is 9.78 Å². The fraction of sp³-hybridized carbons (Fsp3) is 0.500. The molecule has 0 N–H and O–H groups in total. The topological polar surface area (TPSA) is 44.1 Å². The smallest absolute Gasteiger partial charge is 0.341 e. The van der Waals surface area contributed by atoms with Gasteiger partial charge >= 0.3 is 5.97 Å². The molecule has 0 unspecified atom stereocenters. The van der Waals surface area contributed by atoms with Crippen LogP contribution in [0.4, 0.5) is 0 Å². The second-order valence-corrected chi connectivity index (χ2v) is 4.47. The predicted octanol–water partition coefficient (Wildman–Crippen LogP) is 2.46. The summed E-state index contributed by atoms with van der Waals surface area (Å²) in [6.45, 7) is 11.8. The molecule has 1 heterocycles. The molecule has 1 aromatic rings. The van der Waals surface area contributed by atoms with Gasteiger partial charge in [0.15, 0.2) is 0 Å². The summed E-state index contributed by atoms with van der Waals surface area (Å²) >= 11 is 0. The van der Waals surface area contributed by atoms with Crippen molar-refractivity contribution in [1.29, 1.82) is 0 Å².